The van der Waals surface area contributed by atoms with E-state index in [1.165, 1.54) is 6.92 Å². The van der Waals surface area contributed by atoms with Crippen molar-refractivity contribution in [2.24, 2.45) is 5.41 Å². The number of rotatable bonds is 11. The predicted octanol–water partition coefficient (Wildman–Crippen LogP) is 5.96. The normalized spacial score (nSPS) is 15.0. The number of hydrogen-bond donors (Lipinski definition) is 0. The standard InChI is InChI=1S/C23H40NO6P/c1-10-28-31(26,29-11-2)21(22(4,5)6)24(23(7,8)9)30-20(17-27-18(3)25)19-15-13-12-14-16-19/h12-16,20-21H,10-11,17H2,1-9H3/t20-,21-/m0/s1. The minimum Gasteiger partial charge on any atom is -0.463 e. The Morgan fingerprint density at radius 2 is 1.52 bits per heavy atom. The van der Waals surface area contributed by atoms with Gasteiger partial charge in [0, 0.05) is 12.5 Å². The van der Waals surface area contributed by atoms with E-state index in [0.717, 1.165) is 5.56 Å². The van der Waals surface area contributed by atoms with E-state index in [1.807, 2.05) is 71.9 Å². The number of ether oxygens (including phenoxy) is 1. The first kappa shape index (κ1) is 27.8. The van der Waals surface area contributed by atoms with Gasteiger partial charge in [0.1, 0.15) is 18.5 Å². The highest BCUT2D eigenvalue weighted by Gasteiger charge is 2.51. The fourth-order valence-corrected chi connectivity index (χ4v) is 5.94. The van der Waals surface area contributed by atoms with Gasteiger partial charge in [-0.15, -0.1) is 0 Å². The molecule has 0 aliphatic carbocycles. The predicted molar refractivity (Wildman–Crippen MR) is 123 cm³/mol. The van der Waals surface area contributed by atoms with E-state index in [1.54, 1.807) is 18.9 Å². The summed E-state index contributed by atoms with van der Waals surface area (Å²) in [5, 5.41) is 1.71. The zero-order valence-electron chi connectivity index (χ0n) is 20.5. The van der Waals surface area contributed by atoms with Crippen molar-refractivity contribution in [1.82, 2.24) is 5.06 Å². The summed E-state index contributed by atoms with van der Waals surface area (Å²) in [6.45, 7) is 17.3. The van der Waals surface area contributed by atoms with Crippen LogP contribution in [-0.4, -0.2) is 42.2 Å². The first-order chi connectivity index (χ1) is 14.3. The maximum absolute atomic E-state index is 14.0. The van der Waals surface area contributed by atoms with Crippen LogP contribution in [0.15, 0.2) is 30.3 Å². The summed E-state index contributed by atoms with van der Waals surface area (Å²) in [4.78, 5) is 18.0. The smallest absolute Gasteiger partial charge is 0.350 e. The fraction of sp³-hybridized carbons (Fsp3) is 0.696. The Balaban J connectivity index is 3.52. The summed E-state index contributed by atoms with van der Waals surface area (Å²) in [6.07, 6.45) is -0.592. The van der Waals surface area contributed by atoms with Crippen LogP contribution < -0.4 is 0 Å². The molecular formula is C23H40NO6P. The van der Waals surface area contributed by atoms with Gasteiger partial charge >= 0.3 is 13.6 Å². The lowest BCUT2D eigenvalue weighted by molar-refractivity contribution is -0.275. The van der Waals surface area contributed by atoms with Crippen LogP contribution in [0.4, 0.5) is 0 Å². The van der Waals surface area contributed by atoms with E-state index >= 15 is 0 Å². The second-order valence-electron chi connectivity index (χ2n) is 9.42. The second-order valence-corrected chi connectivity index (χ2v) is 11.5. The lowest BCUT2D eigenvalue weighted by Crippen LogP contribution is -2.54. The molecule has 0 heterocycles. The Hall–Kier alpha value is -1.24. The minimum absolute atomic E-state index is 0.0242. The average Bonchev–Trinajstić information content (AvgIpc) is 2.63. The first-order valence-electron chi connectivity index (χ1n) is 10.8. The van der Waals surface area contributed by atoms with Crippen LogP contribution in [0.5, 0.6) is 0 Å². The SMILES string of the molecule is CCOP(=O)(OCC)[C@H](N(O[C@@H](COC(C)=O)c1ccccc1)C(C)(C)C)C(C)(C)C. The largest absolute Gasteiger partial charge is 0.463 e. The highest BCUT2D eigenvalue weighted by molar-refractivity contribution is 7.54. The van der Waals surface area contributed by atoms with Crippen molar-refractivity contribution in [2.45, 2.75) is 79.7 Å². The summed E-state index contributed by atoms with van der Waals surface area (Å²) < 4.78 is 30.8. The van der Waals surface area contributed by atoms with Crippen LogP contribution in [0.1, 0.15) is 74.0 Å². The minimum atomic E-state index is -3.60. The van der Waals surface area contributed by atoms with E-state index in [4.69, 9.17) is 18.6 Å². The molecule has 0 N–H and O–H groups in total. The number of esters is 1. The van der Waals surface area contributed by atoms with Crippen LogP contribution in [0.25, 0.3) is 0 Å². The molecule has 0 aliphatic heterocycles. The molecule has 0 saturated heterocycles. The van der Waals surface area contributed by atoms with Gasteiger partial charge in [0.25, 0.3) is 0 Å². The molecule has 7 nitrogen and oxygen atoms in total. The summed E-state index contributed by atoms with van der Waals surface area (Å²) in [7, 11) is -3.60. The van der Waals surface area contributed by atoms with E-state index in [-0.39, 0.29) is 19.8 Å². The zero-order chi connectivity index (χ0) is 23.9. The van der Waals surface area contributed by atoms with Crippen molar-refractivity contribution < 1.29 is 28.0 Å². The van der Waals surface area contributed by atoms with Crippen LogP contribution in [0.3, 0.4) is 0 Å². The summed E-state index contributed by atoms with van der Waals surface area (Å²) in [6, 6.07) is 9.52. The number of benzene rings is 1. The summed E-state index contributed by atoms with van der Waals surface area (Å²) in [5.41, 5.74) is -0.241. The van der Waals surface area contributed by atoms with E-state index in [9.17, 15) is 9.36 Å². The molecule has 31 heavy (non-hydrogen) atoms. The Morgan fingerprint density at radius 3 is 1.90 bits per heavy atom. The van der Waals surface area contributed by atoms with Crippen LogP contribution in [0.2, 0.25) is 0 Å². The van der Waals surface area contributed by atoms with E-state index < -0.39 is 36.4 Å². The Labute approximate surface area is 187 Å². The average molecular weight is 458 g/mol. The third kappa shape index (κ3) is 8.32. The van der Waals surface area contributed by atoms with Gasteiger partial charge in [-0.2, -0.15) is 5.06 Å². The zero-order valence-corrected chi connectivity index (χ0v) is 21.4. The molecule has 1 rings (SSSR count). The third-order valence-corrected chi connectivity index (χ3v) is 7.25. The summed E-state index contributed by atoms with van der Waals surface area (Å²) in [5.74, 6) is -1.10. The Morgan fingerprint density at radius 1 is 1.00 bits per heavy atom. The molecule has 1 aromatic carbocycles. The molecular weight excluding hydrogens is 417 g/mol. The molecule has 178 valence electrons. The van der Waals surface area contributed by atoms with E-state index in [2.05, 4.69) is 0 Å². The second kappa shape index (κ2) is 11.6. The fourth-order valence-electron chi connectivity index (χ4n) is 3.26. The molecule has 0 fully saturated rings. The number of hydrogen-bond acceptors (Lipinski definition) is 7. The molecule has 0 amide bonds. The highest BCUT2D eigenvalue weighted by atomic mass is 31.2. The first-order valence-corrected chi connectivity index (χ1v) is 12.4. The molecule has 0 radical (unpaired) electrons. The van der Waals surface area contributed by atoms with Crippen LogP contribution >= 0.6 is 7.60 Å². The molecule has 0 bridgehead atoms. The van der Waals surface area contributed by atoms with Crippen LogP contribution in [0, 0.1) is 5.41 Å². The highest BCUT2D eigenvalue weighted by Crippen LogP contribution is 2.61. The van der Waals surface area contributed by atoms with Crippen molar-refractivity contribution in [2.75, 3.05) is 19.8 Å². The number of nitrogens with zero attached hydrogens (tertiary/aromatic N) is 1. The molecule has 0 saturated carbocycles. The van der Waals surface area contributed by atoms with Crippen molar-refractivity contribution in [3.05, 3.63) is 35.9 Å². The van der Waals surface area contributed by atoms with Crippen molar-refractivity contribution in [1.29, 1.82) is 0 Å². The number of carbonyl (C=O) groups excluding carboxylic acids is 1. The molecule has 1 aromatic rings. The maximum Gasteiger partial charge on any atom is 0.350 e. The van der Waals surface area contributed by atoms with Gasteiger partial charge in [-0.3, -0.25) is 14.2 Å². The van der Waals surface area contributed by atoms with E-state index in [0.29, 0.717) is 0 Å². The lowest BCUT2D eigenvalue weighted by atomic mass is 9.94. The molecule has 0 aliphatic rings. The quantitative estimate of drug-likeness (QED) is 0.230. The van der Waals surface area contributed by atoms with Gasteiger partial charge in [-0.1, -0.05) is 51.1 Å². The van der Waals surface area contributed by atoms with Gasteiger partial charge in [0.2, 0.25) is 0 Å². The van der Waals surface area contributed by atoms with Crippen LogP contribution in [-0.2, 0) is 28.0 Å². The molecule has 8 heteroatoms. The van der Waals surface area contributed by atoms with Gasteiger partial charge in [0.05, 0.1) is 13.2 Å². The van der Waals surface area contributed by atoms with Gasteiger partial charge in [-0.25, -0.2) is 0 Å². The molecule has 0 unspecified atom stereocenters. The topological polar surface area (TPSA) is 74.3 Å². The number of carbonyl (C=O) groups is 1. The van der Waals surface area contributed by atoms with Gasteiger partial charge in [0.15, 0.2) is 0 Å². The summed E-state index contributed by atoms with van der Waals surface area (Å²) >= 11 is 0. The Kier molecular flexibility index (Phi) is 10.4. The number of hydroxylamine groups is 2. The lowest BCUT2D eigenvalue weighted by Gasteiger charge is -2.48. The van der Waals surface area contributed by atoms with Crippen molar-refractivity contribution in [3.8, 4) is 0 Å². The molecule has 2 atom stereocenters. The van der Waals surface area contributed by atoms with Gasteiger partial charge < -0.3 is 13.8 Å². The van der Waals surface area contributed by atoms with Crippen molar-refractivity contribution >= 4 is 13.6 Å². The third-order valence-electron chi connectivity index (χ3n) is 4.43. The Bertz CT molecular complexity index is 716. The molecule has 0 aromatic heterocycles. The van der Waals surface area contributed by atoms with Gasteiger partial charge in [-0.05, 0) is 45.6 Å². The molecule has 0 spiro atoms. The monoisotopic (exact) mass is 457 g/mol. The maximum atomic E-state index is 14.0. The van der Waals surface area contributed by atoms with Crippen molar-refractivity contribution in [3.63, 3.8) is 0 Å².